The minimum absolute atomic E-state index is 0.0186. The lowest BCUT2D eigenvalue weighted by molar-refractivity contribution is -0.143. The van der Waals surface area contributed by atoms with Gasteiger partial charge in [-0.15, -0.1) is 0 Å². The molecule has 0 N–H and O–H groups in total. The van der Waals surface area contributed by atoms with Gasteiger partial charge >= 0.3 is 0 Å². The molecule has 6 heteroatoms. The Hall–Kier alpha value is -2.31. The fraction of sp³-hybridized carbons (Fsp3) is 0.458. The Kier molecular flexibility index (Phi) is 4.86. The van der Waals surface area contributed by atoms with E-state index in [1.165, 1.54) is 23.3 Å². The molecule has 2 atom stereocenters. The second kappa shape index (κ2) is 7.43. The van der Waals surface area contributed by atoms with Gasteiger partial charge in [-0.2, -0.15) is 0 Å². The summed E-state index contributed by atoms with van der Waals surface area (Å²) in [6, 6.07) is 11.7. The predicted octanol–water partition coefficient (Wildman–Crippen LogP) is 4.33. The summed E-state index contributed by atoms with van der Waals surface area (Å²) < 4.78 is 33.8. The quantitative estimate of drug-likeness (QED) is 0.752. The second-order valence-corrected chi connectivity index (χ2v) is 8.84. The highest BCUT2D eigenvalue weighted by atomic mass is 19.1. The molecule has 3 heterocycles. The van der Waals surface area contributed by atoms with Gasteiger partial charge in [0.05, 0.1) is 6.04 Å². The first-order valence-electron chi connectivity index (χ1n) is 10.7. The van der Waals surface area contributed by atoms with Crippen molar-refractivity contribution >= 4 is 5.91 Å². The number of piperidine rings is 1. The Morgan fingerprint density at radius 3 is 2.50 bits per heavy atom. The number of hydrogen-bond donors (Lipinski definition) is 0. The number of hydrogen-bond acceptors (Lipinski definition) is 3. The molecule has 0 aliphatic carbocycles. The minimum Gasteiger partial charge on any atom is -0.342 e. The van der Waals surface area contributed by atoms with Gasteiger partial charge in [-0.05, 0) is 55.9 Å². The van der Waals surface area contributed by atoms with Crippen LogP contribution in [-0.4, -0.2) is 40.6 Å². The molecule has 0 saturated carbocycles. The van der Waals surface area contributed by atoms with Crippen LogP contribution in [0.15, 0.2) is 42.5 Å². The third kappa shape index (κ3) is 3.42. The Balaban J connectivity index is 1.29. The number of carbonyl (C=O) groups is 1. The minimum atomic E-state index is -0.793. The number of nitrogens with zero attached hydrogens (tertiary/aromatic N) is 2. The summed E-state index contributed by atoms with van der Waals surface area (Å²) in [5, 5.41) is 0. The average molecular weight is 412 g/mol. The predicted molar refractivity (Wildman–Crippen MR) is 108 cm³/mol. The lowest BCUT2D eigenvalue weighted by Gasteiger charge is -2.37. The third-order valence-corrected chi connectivity index (χ3v) is 6.74. The van der Waals surface area contributed by atoms with Gasteiger partial charge in [0.25, 0.3) is 5.91 Å². The molecule has 2 unspecified atom stereocenters. The number of aryl methyl sites for hydroxylation is 1. The number of halogens is 2. The molecule has 5 rings (SSSR count). The van der Waals surface area contributed by atoms with Crippen LogP contribution in [0.1, 0.15) is 48.4 Å². The summed E-state index contributed by atoms with van der Waals surface area (Å²) in [7, 11) is 0. The fourth-order valence-corrected chi connectivity index (χ4v) is 5.28. The van der Waals surface area contributed by atoms with Crippen molar-refractivity contribution in [1.82, 2.24) is 9.80 Å². The van der Waals surface area contributed by atoms with Crippen molar-refractivity contribution in [3.05, 3.63) is 70.8 Å². The Bertz CT molecular complexity index is 951. The SMILES string of the molecule is Cc1cccc(CN2CCC3(CC2)OC2CCC(c4cc(F)cc(F)c4)N2C3=O)c1. The zero-order chi connectivity index (χ0) is 20.9. The fourth-order valence-electron chi connectivity index (χ4n) is 5.28. The van der Waals surface area contributed by atoms with Crippen molar-refractivity contribution in [2.45, 2.75) is 57.0 Å². The standard InChI is InChI=1S/C24H26F2N2O2/c1-16-3-2-4-17(11-16)15-27-9-7-24(8-10-27)23(29)28-21(5-6-22(28)30-24)18-12-19(25)14-20(26)13-18/h2-4,11-14,21-22H,5-10,15H2,1H3. The number of rotatable bonds is 3. The number of carbonyl (C=O) groups excluding carboxylic acids is 1. The van der Waals surface area contributed by atoms with Crippen molar-refractivity contribution in [2.24, 2.45) is 0 Å². The molecule has 1 amide bonds. The zero-order valence-corrected chi connectivity index (χ0v) is 17.1. The van der Waals surface area contributed by atoms with Crippen molar-refractivity contribution in [3.63, 3.8) is 0 Å². The Morgan fingerprint density at radius 1 is 1.07 bits per heavy atom. The van der Waals surface area contributed by atoms with E-state index in [2.05, 4.69) is 36.1 Å². The number of fused-ring (bicyclic) bond motifs is 1. The Labute approximate surface area is 175 Å². The van der Waals surface area contributed by atoms with Gasteiger partial charge in [-0.1, -0.05) is 29.8 Å². The van der Waals surface area contributed by atoms with Crippen molar-refractivity contribution < 1.29 is 18.3 Å². The number of ether oxygens (including phenoxy) is 1. The van der Waals surface area contributed by atoms with Crippen LogP contribution >= 0.6 is 0 Å². The molecule has 2 aromatic rings. The number of amides is 1. The zero-order valence-electron chi connectivity index (χ0n) is 17.1. The summed E-state index contributed by atoms with van der Waals surface area (Å²) in [5.74, 6) is -1.24. The van der Waals surface area contributed by atoms with Gasteiger partial charge in [-0.25, -0.2) is 8.78 Å². The molecule has 0 radical (unpaired) electrons. The van der Waals surface area contributed by atoms with E-state index in [0.29, 0.717) is 31.2 Å². The van der Waals surface area contributed by atoms with Crippen LogP contribution in [0.2, 0.25) is 0 Å². The maximum atomic E-state index is 13.7. The first-order chi connectivity index (χ1) is 14.4. The van der Waals surface area contributed by atoms with E-state index < -0.39 is 17.2 Å². The van der Waals surface area contributed by atoms with Crippen LogP contribution in [-0.2, 0) is 16.1 Å². The van der Waals surface area contributed by atoms with Crippen LogP contribution in [0.3, 0.4) is 0 Å². The molecule has 3 saturated heterocycles. The van der Waals surface area contributed by atoms with Crippen molar-refractivity contribution in [2.75, 3.05) is 13.1 Å². The van der Waals surface area contributed by atoms with Crippen LogP contribution in [0.5, 0.6) is 0 Å². The van der Waals surface area contributed by atoms with Gasteiger partial charge < -0.3 is 9.64 Å². The number of likely N-dealkylation sites (tertiary alicyclic amines) is 1. The van der Waals surface area contributed by atoms with Crippen LogP contribution in [0.4, 0.5) is 8.78 Å². The lowest BCUT2D eigenvalue weighted by atomic mass is 9.89. The molecule has 30 heavy (non-hydrogen) atoms. The molecule has 1 spiro atoms. The van der Waals surface area contributed by atoms with Crippen LogP contribution < -0.4 is 0 Å². The van der Waals surface area contributed by atoms with E-state index in [1.54, 1.807) is 4.90 Å². The van der Waals surface area contributed by atoms with E-state index in [4.69, 9.17) is 4.74 Å². The molecule has 4 nitrogen and oxygen atoms in total. The monoisotopic (exact) mass is 412 g/mol. The molecule has 3 aliphatic heterocycles. The molecular weight excluding hydrogens is 386 g/mol. The first-order valence-corrected chi connectivity index (χ1v) is 10.7. The van der Waals surface area contributed by atoms with Gasteiger partial charge in [0, 0.05) is 25.7 Å². The maximum Gasteiger partial charge on any atom is 0.257 e. The van der Waals surface area contributed by atoms with Gasteiger partial charge in [-0.3, -0.25) is 9.69 Å². The molecule has 2 aromatic carbocycles. The molecule has 3 aliphatic rings. The molecular formula is C24H26F2N2O2. The smallest absolute Gasteiger partial charge is 0.257 e. The van der Waals surface area contributed by atoms with Crippen LogP contribution in [0.25, 0.3) is 0 Å². The third-order valence-electron chi connectivity index (χ3n) is 6.74. The average Bonchev–Trinajstić information content (AvgIpc) is 3.22. The summed E-state index contributed by atoms with van der Waals surface area (Å²) in [6.07, 6.45) is 2.36. The van der Waals surface area contributed by atoms with E-state index in [1.807, 2.05) is 0 Å². The summed E-state index contributed by atoms with van der Waals surface area (Å²) in [5.41, 5.74) is 2.24. The highest BCUT2D eigenvalue weighted by Gasteiger charge is 2.57. The summed E-state index contributed by atoms with van der Waals surface area (Å²) in [4.78, 5) is 17.5. The topological polar surface area (TPSA) is 32.8 Å². The first kappa shape index (κ1) is 19.6. The van der Waals surface area contributed by atoms with E-state index in [9.17, 15) is 13.6 Å². The lowest BCUT2D eigenvalue weighted by Crippen LogP contribution is -2.50. The number of benzene rings is 2. The molecule has 0 bridgehead atoms. The van der Waals surface area contributed by atoms with Gasteiger partial charge in [0.1, 0.15) is 17.9 Å². The van der Waals surface area contributed by atoms with Crippen molar-refractivity contribution in [1.29, 1.82) is 0 Å². The highest BCUT2D eigenvalue weighted by molar-refractivity contribution is 5.88. The highest BCUT2D eigenvalue weighted by Crippen LogP contribution is 2.47. The summed E-state index contributed by atoms with van der Waals surface area (Å²) in [6.45, 7) is 4.54. The Morgan fingerprint density at radius 2 is 1.80 bits per heavy atom. The van der Waals surface area contributed by atoms with E-state index >= 15 is 0 Å². The molecule has 3 fully saturated rings. The largest absolute Gasteiger partial charge is 0.342 e. The van der Waals surface area contributed by atoms with E-state index in [-0.39, 0.29) is 18.2 Å². The maximum absolute atomic E-state index is 13.7. The second-order valence-electron chi connectivity index (χ2n) is 8.84. The normalized spacial score (nSPS) is 25.8. The molecule has 158 valence electrons. The van der Waals surface area contributed by atoms with Gasteiger partial charge in [0.15, 0.2) is 5.60 Å². The van der Waals surface area contributed by atoms with E-state index in [0.717, 1.165) is 25.7 Å². The van der Waals surface area contributed by atoms with Crippen LogP contribution in [0, 0.1) is 18.6 Å². The summed E-state index contributed by atoms with van der Waals surface area (Å²) >= 11 is 0. The van der Waals surface area contributed by atoms with Gasteiger partial charge in [0.2, 0.25) is 0 Å². The molecule has 0 aromatic heterocycles. The van der Waals surface area contributed by atoms with Crippen molar-refractivity contribution in [3.8, 4) is 0 Å².